The first-order valence-electron chi connectivity index (χ1n) is 9.46. The van der Waals surface area contributed by atoms with Crippen LogP contribution < -0.4 is 15.7 Å². The maximum Gasteiger partial charge on any atom is 0.328 e. The van der Waals surface area contributed by atoms with Crippen molar-refractivity contribution in [3.05, 3.63) is 81.7 Å². The first-order chi connectivity index (χ1) is 14.9. The van der Waals surface area contributed by atoms with Crippen LogP contribution in [-0.4, -0.2) is 22.2 Å². The van der Waals surface area contributed by atoms with Crippen molar-refractivity contribution in [2.45, 2.75) is 9.79 Å². The molecule has 1 amide bonds. The van der Waals surface area contributed by atoms with Crippen molar-refractivity contribution in [2.24, 2.45) is 14.1 Å². The van der Waals surface area contributed by atoms with Gasteiger partial charge in [-0.1, -0.05) is 41.6 Å². The van der Waals surface area contributed by atoms with Gasteiger partial charge in [-0.2, -0.15) is 0 Å². The zero-order chi connectivity index (χ0) is 22.1. The first-order valence-corrected chi connectivity index (χ1v) is 10.7. The van der Waals surface area contributed by atoms with Crippen molar-refractivity contribution in [3.8, 4) is 5.75 Å². The van der Waals surface area contributed by atoms with E-state index in [1.807, 2.05) is 36.4 Å². The molecule has 0 bridgehead atoms. The standard InChI is InChI=1S/C23H20ClN3O3S/c1-26-18-12-17(25-22(28)14-7-6-8-15(11-14)30-3)21(13-19(18)27(2)23(26)29)31-20-10-5-4-9-16(20)24/h4-13H,1-3H3,(H,25,28). The van der Waals surface area contributed by atoms with Gasteiger partial charge in [-0.3, -0.25) is 13.9 Å². The molecule has 8 heteroatoms. The molecule has 6 nitrogen and oxygen atoms in total. The topological polar surface area (TPSA) is 65.3 Å². The molecule has 0 aliphatic carbocycles. The van der Waals surface area contributed by atoms with E-state index in [1.165, 1.54) is 11.8 Å². The second kappa shape index (κ2) is 8.53. The summed E-state index contributed by atoms with van der Waals surface area (Å²) in [7, 11) is 4.99. The van der Waals surface area contributed by atoms with Gasteiger partial charge < -0.3 is 10.1 Å². The summed E-state index contributed by atoms with van der Waals surface area (Å²) >= 11 is 7.79. The van der Waals surface area contributed by atoms with Crippen molar-refractivity contribution in [2.75, 3.05) is 12.4 Å². The third-order valence-electron chi connectivity index (χ3n) is 5.01. The van der Waals surface area contributed by atoms with Crippen LogP contribution in [0.15, 0.2) is 75.2 Å². The van der Waals surface area contributed by atoms with Crippen LogP contribution in [0.1, 0.15) is 10.4 Å². The van der Waals surface area contributed by atoms with Crippen LogP contribution in [-0.2, 0) is 14.1 Å². The van der Waals surface area contributed by atoms with E-state index in [9.17, 15) is 9.59 Å². The fraction of sp³-hybridized carbons (Fsp3) is 0.130. The quantitative estimate of drug-likeness (QED) is 0.464. The molecule has 1 N–H and O–H groups in total. The lowest BCUT2D eigenvalue weighted by Crippen LogP contribution is -2.19. The minimum absolute atomic E-state index is 0.139. The van der Waals surface area contributed by atoms with E-state index in [2.05, 4.69) is 5.32 Å². The number of aromatic nitrogens is 2. The summed E-state index contributed by atoms with van der Waals surface area (Å²) in [6.07, 6.45) is 0. The highest BCUT2D eigenvalue weighted by Gasteiger charge is 2.17. The Bertz CT molecular complexity index is 1360. The second-order valence-corrected chi connectivity index (χ2v) is 8.45. The highest BCUT2D eigenvalue weighted by Crippen LogP contribution is 2.39. The summed E-state index contributed by atoms with van der Waals surface area (Å²) in [6.45, 7) is 0. The molecule has 0 aliphatic heterocycles. The lowest BCUT2D eigenvalue weighted by atomic mass is 10.2. The van der Waals surface area contributed by atoms with Gasteiger partial charge in [0, 0.05) is 29.4 Å². The van der Waals surface area contributed by atoms with Crippen LogP contribution in [0.2, 0.25) is 5.02 Å². The Morgan fingerprint density at radius 3 is 2.39 bits per heavy atom. The predicted molar refractivity (Wildman–Crippen MR) is 125 cm³/mol. The van der Waals surface area contributed by atoms with Crippen molar-refractivity contribution < 1.29 is 9.53 Å². The molecule has 0 fully saturated rings. The predicted octanol–water partition coefficient (Wildman–Crippen LogP) is 4.94. The largest absolute Gasteiger partial charge is 0.497 e. The van der Waals surface area contributed by atoms with Crippen LogP contribution in [0.25, 0.3) is 11.0 Å². The number of rotatable bonds is 5. The van der Waals surface area contributed by atoms with Gasteiger partial charge in [-0.15, -0.1) is 0 Å². The number of benzene rings is 3. The first kappa shape index (κ1) is 21.1. The van der Waals surface area contributed by atoms with E-state index in [0.29, 0.717) is 22.0 Å². The maximum absolute atomic E-state index is 13.0. The molecule has 0 atom stereocenters. The average molecular weight is 454 g/mol. The number of nitrogens with zero attached hydrogens (tertiary/aromatic N) is 2. The molecule has 4 aromatic rings. The smallest absolute Gasteiger partial charge is 0.328 e. The van der Waals surface area contributed by atoms with Crippen LogP contribution in [0.3, 0.4) is 0 Å². The van der Waals surface area contributed by atoms with Crippen molar-refractivity contribution in [3.63, 3.8) is 0 Å². The minimum Gasteiger partial charge on any atom is -0.497 e. The number of halogens is 1. The van der Waals surface area contributed by atoms with E-state index < -0.39 is 0 Å². The number of amides is 1. The number of ether oxygens (including phenoxy) is 1. The molecule has 1 aromatic heterocycles. The average Bonchev–Trinajstić information content (AvgIpc) is 2.99. The Morgan fingerprint density at radius 1 is 0.968 bits per heavy atom. The third kappa shape index (κ3) is 4.06. The van der Waals surface area contributed by atoms with E-state index in [4.69, 9.17) is 16.3 Å². The number of hydrogen-bond donors (Lipinski definition) is 1. The summed E-state index contributed by atoms with van der Waals surface area (Å²) in [5.41, 5.74) is 2.40. The van der Waals surface area contributed by atoms with Gasteiger partial charge in [-0.25, -0.2) is 4.79 Å². The molecule has 1 heterocycles. The molecule has 0 aliphatic rings. The summed E-state index contributed by atoms with van der Waals surface area (Å²) in [4.78, 5) is 27.0. The number of nitrogens with one attached hydrogen (secondary N) is 1. The molecule has 0 saturated carbocycles. The Hall–Kier alpha value is -3.16. The summed E-state index contributed by atoms with van der Waals surface area (Å²) in [5.74, 6) is 0.319. The van der Waals surface area contributed by atoms with E-state index in [-0.39, 0.29) is 11.6 Å². The number of methoxy groups -OCH3 is 1. The fourth-order valence-corrected chi connectivity index (χ4v) is 4.50. The van der Waals surface area contributed by atoms with Crippen LogP contribution in [0, 0.1) is 0 Å². The molecule has 0 radical (unpaired) electrons. The van der Waals surface area contributed by atoms with Gasteiger partial charge >= 0.3 is 5.69 Å². The number of aryl methyl sites for hydroxylation is 2. The molecule has 0 saturated heterocycles. The molecule has 0 spiro atoms. The Labute approximate surface area is 188 Å². The maximum atomic E-state index is 13.0. The lowest BCUT2D eigenvalue weighted by molar-refractivity contribution is 0.102. The van der Waals surface area contributed by atoms with Gasteiger partial charge in [0.1, 0.15) is 5.75 Å². The molecule has 0 unspecified atom stereocenters. The van der Waals surface area contributed by atoms with E-state index >= 15 is 0 Å². The van der Waals surface area contributed by atoms with E-state index in [1.54, 1.807) is 54.6 Å². The van der Waals surface area contributed by atoms with Crippen LogP contribution in [0.5, 0.6) is 5.75 Å². The Balaban J connectivity index is 1.81. The summed E-state index contributed by atoms with van der Waals surface area (Å²) < 4.78 is 8.36. The number of imidazole rings is 1. The summed E-state index contributed by atoms with van der Waals surface area (Å²) in [6, 6.07) is 18.1. The van der Waals surface area contributed by atoms with Gasteiger partial charge in [0.2, 0.25) is 0 Å². The van der Waals surface area contributed by atoms with Gasteiger partial charge in [0.05, 0.1) is 28.9 Å². The number of carbonyl (C=O) groups excluding carboxylic acids is 1. The number of hydrogen-bond acceptors (Lipinski definition) is 4. The summed E-state index contributed by atoms with van der Waals surface area (Å²) in [5, 5.41) is 3.59. The SMILES string of the molecule is COc1cccc(C(=O)Nc2cc3c(cc2Sc2ccccc2Cl)n(C)c(=O)n3C)c1. The normalized spacial score (nSPS) is 11.0. The number of carbonyl (C=O) groups is 1. The minimum atomic E-state index is -0.278. The molecule has 3 aromatic carbocycles. The second-order valence-electron chi connectivity index (χ2n) is 6.96. The fourth-order valence-electron chi connectivity index (χ4n) is 3.31. The molecule has 158 valence electrons. The van der Waals surface area contributed by atoms with Crippen LogP contribution in [0.4, 0.5) is 5.69 Å². The molecule has 31 heavy (non-hydrogen) atoms. The Kier molecular flexibility index (Phi) is 5.80. The molecule has 4 rings (SSSR count). The van der Waals surface area contributed by atoms with Gasteiger partial charge in [0.25, 0.3) is 5.91 Å². The highest BCUT2D eigenvalue weighted by atomic mass is 35.5. The number of fused-ring (bicyclic) bond motifs is 1. The Morgan fingerprint density at radius 2 is 1.68 bits per heavy atom. The van der Waals surface area contributed by atoms with Crippen molar-refractivity contribution in [1.82, 2.24) is 9.13 Å². The highest BCUT2D eigenvalue weighted by molar-refractivity contribution is 7.99. The molecular weight excluding hydrogens is 434 g/mol. The number of anilines is 1. The monoisotopic (exact) mass is 453 g/mol. The lowest BCUT2D eigenvalue weighted by Gasteiger charge is -2.13. The zero-order valence-electron chi connectivity index (χ0n) is 17.2. The zero-order valence-corrected chi connectivity index (χ0v) is 18.8. The van der Waals surface area contributed by atoms with Crippen molar-refractivity contribution >= 4 is 46.0 Å². The van der Waals surface area contributed by atoms with E-state index in [0.717, 1.165) is 20.8 Å². The van der Waals surface area contributed by atoms with Gasteiger partial charge in [-0.05, 0) is 42.5 Å². The molecular formula is C23H20ClN3O3S. The van der Waals surface area contributed by atoms with Crippen LogP contribution >= 0.6 is 23.4 Å². The van der Waals surface area contributed by atoms with Gasteiger partial charge in [0.15, 0.2) is 0 Å². The third-order valence-corrected chi connectivity index (χ3v) is 6.59. The van der Waals surface area contributed by atoms with Crippen molar-refractivity contribution in [1.29, 1.82) is 0 Å².